The smallest absolute Gasteiger partial charge is 0.416 e. The van der Waals surface area contributed by atoms with E-state index in [1.54, 1.807) is 18.3 Å². The van der Waals surface area contributed by atoms with Gasteiger partial charge < -0.3 is 10.1 Å². The van der Waals surface area contributed by atoms with Crippen LogP contribution in [0.3, 0.4) is 0 Å². The Morgan fingerprint density at radius 1 is 1.25 bits per heavy atom. The van der Waals surface area contributed by atoms with E-state index in [0.29, 0.717) is 40.2 Å². The monoisotopic (exact) mass is 463 g/mol. The molecule has 0 unspecified atom stereocenters. The Labute approximate surface area is 185 Å². The molecule has 1 saturated carbocycles. The summed E-state index contributed by atoms with van der Waals surface area (Å²) in [5, 5.41) is 11.7. The van der Waals surface area contributed by atoms with Crippen LogP contribution in [0.2, 0.25) is 0 Å². The highest BCUT2D eigenvalue weighted by atomic mass is 32.1. The Balaban J connectivity index is 1.18. The van der Waals surface area contributed by atoms with Crippen LogP contribution in [0.4, 0.5) is 28.9 Å². The van der Waals surface area contributed by atoms with E-state index >= 15 is 0 Å². The van der Waals surface area contributed by atoms with E-state index < -0.39 is 23.4 Å². The van der Waals surface area contributed by atoms with Gasteiger partial charge in [0, 0.05) is 12.7 Å². The maximum atomic E-state index is 12.9. The second-order valence-electron chi connectivity index (χ2n) is 8.24. The fourth-order valence-electron chi connectivity index (χ4n) is 4.31. The Morgan fingerprint density at radius 2 is 2.06 bits per heavy atom. The molecule has 168 valence electrons. The summed E-state index contributed by atoms with van der Waals surface area (Å²) in [5.74, 6) is 0.852. The lowest BCUT2D eigenvalue weighted by Gasteiger charge is -2.35. The van der Waals surface area contributed by atoms with Crippen molar-refractivity contribution in [1.82, 2.24) is 15.2 Å². The number of nitrogens with one attached hydrogen (secondary N) is 1. The van der Waals surface area contributed by atoms with Gasteiger partial charge in [-0.2, -0.15) is 18.3 Å². The number of nitrogens with zero attached hydrogens (tertiary/aromatic N) is 4. The van der Waals surface area contributed by atoms with E-state index in [9.17, 15) is 18.0 Å². The van der Waals surface area contributed by atoms with Crippen molar-refractivity contribution in [3.05, 3.63) is 42.1 Å². The molecule has 1 saturated heterocycles. The molecule has 0 radical (unpaired) electrons. The number of rotatable bonds is 4. The van der Waals surface area contributed by atoms with Gasteiger partial charge in [-0.05, 0) is 61.9 Å². The Hall–Kier alpha value is -2.95. The molecule has 1 aliphatic carbocycles. The van der Waals surface area contributed by atoms with Gasteiger partial charge in [0.25, 0.3) is 0 Å². The van der Waals surface area contributed by atoms with Crippen LogP contribution in [0, 0.1) is 5.92 Å². The predicted octanol–water partition coefficient (Wildman–Crippen LogP) is 5.10. The predicted molar refractivity (Wildman–Crippen MR) is 114 cm³/mol. The van der Waals surface area contributed by atoms with Gasteiger partial charge in [0.2, 0.25) is 0 Å². The molecule has 1 aromatic carbocycles. The van der Waals surface area contributed by atoms with Crippen molar-refractivity contribution in [2.75, 3.05) is 23.3 Å². The number of amides is 1. The molecule has 3 heterocycles. The van der Waals surface area contributed by atoms with Crippen molar-refractivity contribution in [2.45, 2.75) is 37.5 Å². The molecule has 3 aromatic rings. The third kappa shape index (κ3) is 4.08. The van der Waals surface area contributed by atoms with Crippen LogP contribution >= 0.6 is 11.3 Å². The summed E-state index contributed by atoms with van der Waals surface area (Å²) in [7, 11) is 0. The molecule has 5 rings (SSSR count). The first kappa shape index (κ1) is 20.9. The van der Waals surface area contributed by atoms with Gasteiger partial charge in [0.15, 0.2) is 10.9 Å². The van der Waals surface area contributed by atoms with Crippen molar-refractivity contribution in [1.29, 1.82) is 0 Å². The molecule has 11 heteroatoms. The van der Waals surface area contributed by atoms with Gasteiger partial charge >= 0.3 is 12.3 Å². The Kier molecular flexibility index (Phi) is 5.15. The summed E-state index contributed by atoms with van der Waals surface area (Å²) in [6.45, 7) is 1.13. The Morgan fingerprint density at radius 3 is 2.78 bits per heavy atom. The lowest BCUT2D eigenvalue weighted by molar-refractivity contribution is -0.137. The summed E-state index contributed by atoms with van der Waals surface area (Å²) in [4.78, 5) is 18.3. The normalized spacial score (nSPS) is 23.7. The van der Waals surface area contributed by atoms with Crippen LogP contribution in [0.15, 0.2) is 36.5 Å². The van der Waals surface area contributed by atoms with Crippen LogP contribution in [0.5, 0.6) is 0 Å². The molecule has 0 atom stereocenters. The van der Waals surface area contributed by atoms with E-state index in [1.165, 1.54) is 22.3 Å². The number of aromatic nitrogens is 3. The number of ether oxygens (including phenoxy) is 1. The first-order valence-electron chi connectivity index (χ1n) is 10.3. The number of anilines is 2. The van der Waals surface area contributed by atoms with Crippen molar-refractivity contribution >= 4 is 38.6 Å². The number of benzene rings is 1. The van der Waals surface area contributed by atoms with Gasteiger partial charge in [-0.3, -0.25) is 4.90 Å². The van der Waals surface area contributed by atoms with Crippen LogP contribution in [0.25, 0.3) is 10.2 Å². The number of fused-ring (bicyclic) bond motifs is 1. The molecule has 2 fully saturated rings. The summed E-state index contributed by atoms with van der Waals surface area (Å²) in [6, 6.07) is 7.06. The van der Waals surface area contributed by atoms with E-state index in [2.05, 4.69) is 20.5 Å². The quantitative estimate of drug-likeness (QED) is 0.580. The van der Waals surface area contributed by atoms with Gasteiger partial charge in [0.1, 0.15) is 5.60 Å². The molecule has 32 heavy (non-hydrogen) atoms. The minimum atomic E-state index is -4.36. The van der Waals surface area contributed by atoms with E-state index in [0.717, 1.165) is 37.8 Å². The van der Waals surface area contributed by atoms with Crippen LogP contribution < -0.4 is 10.2 Å². The molecule has 7 nitrogen and oxygen atoms in total. The molecule has 1 aliphatic heterocycles. The number of hydrogen-bond donors (Lipinski definition) is 1. The Bertz CT molecular complexity index is 1130. The summed E-state index contributed by atoms with van der Waals surface area (Å²) in [5.41, 5.74) is -0.621. The molecule has 2 aromatic heterocycles. The molecule has 1 amide bonds. The number of halogens is 3. The third-order valence-corrected chi connectivity index (χ3v) is 7.06. The highest BCUT2D eigenvalue weighted by Crippen LogP contribution is 2.41. The van der Waals surface area contributed by atoms with Gasteiger partial charge in [-0.1, -0.05) is 11.3 Å². The van der Waals surface area contributed by atoms with Crippen LogP contribution in [-0.2, 0) is 10.9 Å². The molecule has 0 bridgehead atoms. The lowest BCUT2D eigenvalue weighted by Crippen LogP contribution is -2.39. The zero-order chi connectivity index (χ0) is 22.3. The van der Waals surface area contributed by atoms with Crippen molar-refractivity contribution in [3.63, 3.8) is 0 Å². The zero-order valence-corrected chi connectivity index (χ0v) is 17.7. The number of carbonyl (C=O) groups is 1. The van der Waals surface area contributed by atoms with Gasteiger partial charge in [-0.15, -0.1) is 5.10 Å². The zero-order valence-electron chi connectivity index (χ0n) is 16.9. The fraction of sp³-hybridized carbons (Fsp3) is 0.429. The van der Waals surface area contributed by atoms with Crippen molar-refractivity contribution in [2.24, 2.45) is 5.92 Å². The van der Waals surface area contributed by atoms with Gasteiger partial charge in [0.05, 0.1) is 22.3 Å². The average Bonchev–Trinajstić information content (AvgIpc) is 3.33. The highest BCUT2D eigenvalue weighted by Gasteiger charge is 2.48. The third-order valence-electron chi connectivity index (χ3n) is 6.08. The number of alkyl halides is 3. The van der Waals surface area contributed by atoms with E-state index in [1.807, 2.05) is 0 Å². The maximum absolute atomic E-state index is 12.9. The summed E-state index contributed by atoms with van der Waals surface area (Å²) < 4.78 is 45.0. The second kappa shape index (κ2) is 7.88. The molecule has 1 spiro atoms. The standard InChI is InChI=1S/C21H20F3N5O2S/c22-21(23,24)14-3-4-15-16(10-14)32-18(27-15)25-11-13-5-7-20(8-6-13)12-29(19(30)31-20)17-2-1-9-26-28-17/h1-4,9-10,13H,5-8,11-12H2,(H,25,27). The van der Waals surface area contributed by atoms with E-state index in [-0.39, 0.29) is 0 Å². The van der Waals surface area contributed by atoms with Crippen molar-refractivity contribution in [3.8, 4) is 0 Å². The largest absolute Gasteiger partial charge is 0.441 e. The second-order valence-corrected chi connectivity index (χ2v) is 9.27. The lowest BCUT2D eigenvalue weighted by atomic mass is 9.78. The van der Waals surface area contributed by atoms with Gasteiger partial charge in [-0.25, -0.2) is 9.78 Å². The van der Waals surface area contributed by atoms with Crippen molar-refractivity contribution < 1.29 is 22.7 Å². The minimum Gasteiger partial charge on any atom is -0.441 e. The number of carbonyl (C=O) groups excluding carboxylic acids is 1. The molecule has 2 aliphatic rings. The van der Waals surface area contributed by atoms with Crippen LogP contribution in [0.1, 0.15) is 31.2 Å². The molecular weight excluding hydrogens is 443 g/mol. The highest BCUT2D eigenvalue weighted by molar-refractivity contribution is 7.22. The minimum absolute atomic E-state index is 0.364. The SMILES string of the molecule is O=C1OC2(CCC(CNc3nc4ccc(C(F)(F)F)cc4s3)CC2)CN1c1cccnn1. The van der Waals surface area contributed by atoms with Crippen LogP contribution in [-0.4, -0.2) is 40.0 Å². The summed E-state index contributed by atoms with van der Waals surface area (Å²) >= 11 is 1.22. The average molecular weight is 463 g/mol. The topological polar surface area (TPSA) is 80.2 Å². The number of hydrogen-bond acceptors (Lipinski definition) is 7. The first-order valence-corrected chi connectivity index (χ1v) is 11.1. The summed E-state index contributed by atoms with van der Waals surface area (Å²) in [6.07, 6.45) is 0.0353. The fourth-order valence-corrected chi connectivity index (χ4v) is 5.23. The number of thiazole rings is 1. The first-order chi connectivity index (χ1) is 15.3. The van der Waals surface area contributed by atoms with E-state index in [4.69, 9.17) is 4.74 Å². The molecule has 1 N–H and O–H groups in total. The maximum Gasteiger partial charge on any atom is 0.416 e. The molecular formula is C21H20F3N5O2S.